The Bertz CT molecular complexity index is 1080. The molecule has 5 nitrogen and oxygen atoms in total. The SMILES string of the molecule is O=[N+]([O-])c1cc(Cl)c(Oc2ccc3c(c2)CCN(c2cccc(F)c2)C3)c(Cl)c1. The Morgan fingerprint density at radius 3 is 2.48 bits per heavy atom. The number of nitrogens with zero attached hydrogens (tertiary/aromatic N) is 2. The topological polar surface area (TPSA) is 55.6 Å². The maximum Gasteiger partial charge on any atom is 0.272 e. The monoisotopic (exact) mass is 432 g/mol. The van der Waals surface area contributed by atoms with E-state index in [4.69, 9.17) is 27.9 Å². The van der Waals surface area contributed by atoms with Gasteiger partial charge in [-0.15, -0.1) is 0 Å². The van der Waals surface area contributed by atoms with Crippen LogP contribution in [0.2, 0.25) is 10.0 Å². The van der Waals surface area contributed by atoms with Crippen LogP contribution in [0.1, 0.15) is 11.1 Å². The summed E-state index contributed by atoms with van der Waals surface area (Å²) in [5.74, 6) is 0.464. The molecule has 0 spiro atoms. The van der Waals surface area contributed by atoms with E-state index in [-0.39, 0.29) is 27.3 Å². The first-order valence-electron chi connectivity index (χ1n) is 8.84. The van der Waals surface area contributed by atoms with Crippen molar-refractivity contribution < 1.29 is 14.1 Å². The van der Waals surface area contributed by atoms with Gasteiger partial charge in [0.05, 0.1) is 15.0 Å². The lowest BCUT2D eigenvalue weighted by molar-refractivity contribution is -0.384. The number of non-ortho nitro benzene ring substituents is 1. The normalized spacial score (nSPS) is 13.1. The van der Waals surface area contributed by atoms with Crippen LogP contribution in [0.5, 0.6) is 11.5 Å². The minimum absolute atomic E-state index is 0.0687. The van der Waals surface area contributed by atoms with Crippen molar-refractivity contribution in [1.82, 2.24) is 0 Å². The molecular formula is C21H15Cl2FN2O3. The summed E-state index contributed by atoms with van der Waals surface area (Å²) in [5.41, 5.74) is 2.88. The molecule has 0 bridgehead atoms. The molecule has 0 N–H and O–H groups in total. The molecule has 1 aliphatic heterocycles. The second-order valence-corrected chi connectivity index (χ2v) is 7.49. The number of anilines is 1. The molecule has 148 valence electrons. The number of fused-ring (bicyclic) bond motifs is 1. The van der Waals surface area contributed by atoms with Crippen LogP contribution in [0.4, 0.5) is 15.8 Å². The molecule has 0 atom stereocenters. The van der Waals surface area contributed by atoms with E-state index in [1.165, 1.54) is 24.3 Å². The number of hydrogen-bond acceptors (Lipinski definition) is 4. The van der Waals surface area contributed by atoms with Gasteiger partial charge in [0.25, 0.3) is 5.69 Å². The van der Waals surface area contributed by atoms with Crippen LogP contribution in [0.25, 0.3) is 0 Å². The molecule has 0 radical (unpaired) electrons. The molecule has 1 heterocycles. The molecule has 3 aromatic rings. The predicted octanol–water partition coefficient (Wildman–Crippen LogP) is 6.40. The fourth-order valence-corrected chi connectivity index (χ4v) is 3.91. The van der Waals surface area contributed by atoms with Crippen LogP contribution >= 0.6 is 23.2 Å². The lowest BCUT2D eigenvalue weighted by Gasteiger charge is -2.31. The Morgan fingerprint density at radius 1 is 1.03 bits per heavy atom. The van der Waals surface area contributed by atoms with E-state index in [2.05, 4.69) is 4.90 Å². The Kier molecular flexibility index (Phi) is 5.30. The average Bonchev–Trinajstić information content (AvgIpc) is 2.70. The van der Waals surface area contributed by atoms with E-state index in [9.17, 15) is 14.5 Å². The standard InChI is InChI=1S/C21H15Cl2FN2O3/c22-19-10-17(26(27)28)11-20(23)21(19)29-18-5-4-14-12-25(7-6-13(14)8-18)16-3-1-2-15(24)9-16/h1-5,8-11H,6-7,12H2. The van der Waals surface area contributed by atoms with Gasteiger partial charge in [0.2, 0.25) is 0 Å². The Labute approximate surface area is 176 Å². The highest BCUT2D eigenvalue weighted by Gasteiger charge is 2.20. The minimum Gasteiger partial charge on any atom is -0.454 e. The summed E-state index contributed by atoms with van der Waals surface area (Å²) in [6, 6.07) is 14.6. The maximum absolute atomic E-state index is 13.5. The number of halogens is 3. The van der Waals surface area contributed by atoms with Crippen molar-refractivity contribution in [2.75, 3.05) is 11.4 Å². The van der Waals surface area contributed by atoms with Gasteiger partial charge in [0, 0.05) is 30.9 Å². The predicted molar refractivity (Wildman–Crippen MR) is 111 cm³/mol. The third kappa shape index (κ3) is 4.13. The van der Waals surface area contributed by atoms with Crippen molar-refractivity contribution >= 4 is 34.6 Å². The summed E-state index contributed by atoms with van der Waals surface area (Å²) >= 11 is 12.2. The van der Waals surface area contributed by atoms with Crippen molar-refractivity contribution in [2.24, 2.45) is 0 Å². The van der Waals surface area contributed by atoms with Crippen LogP contribution in [0.15, 0.2) is 54.6 Å². The van der Waals surface area contributed by atoms with Crippen LogP contribution in [0.3, 0.4) is 0 Å². The van der Waals surface area contributed by atoms with Crippen molar-refractivity contribution in [3.05, 3.63) is 91.7 Å². The molecule has 8 heteroatoms. The molecule has 0 saturated heterocycles. The Morgan fingerprint density at radius 2 is 1.79 bits per heavy atom. The zero-order chi connectivity index (χ0) is 20.5. The minimum atomic E-state index is -0.565. The van der Waals surface area contributed by atoms with Crippen LogP contribution < -0.4 is 9.64 Å². The molecule has 0 saturated carbocycles. The van der Waals surface area contributed by atoms with Gasteiger partial charge >= 0.3 is 0 Å². The van der Waals surface area contributed by atoms with Crippen molar-refractivity contribution in [2.45, 2.75) is 13.0 Å². The molecule has 0 aliphatic carbocycles. The molecule has 3 aromatic carbocycles. The second-order valence-electron chi connectivity index (χ2n) is 6.68. The molecule has 0 fully saturated rings. The van der Waals surface area contributed by atoms with E-state index < -0.39 is 4.92 Å². The fraction of sp³-hybridized carbons (Fsp3) is 0.143. The van der Waals surface area contributed by atoms with Crippen LogP contribution in [-0.2, 0) is 13.0 Å². The smallest absolute Gasteiger partial charge is 0.272 e. The van der Waals surface area contributed by atoms with Gasteiger partial charge in [-0.1, -0.05) is 35.3 Å². The van der Waals surface area contributed by atoms with Crippen molar-refractivity contribution in [1.29, 1.82) is 0 Å². The zero-order valence-electron chi connectivity index (χ0n) is 15.1. The molecule has 29 heavy (non-hydrogen) atoms. The number of benzene rings is 3. The first kappa shape index (κ1) is 19.5. The molecule has 4 rings (SSSR count). The number of nitro groups is 1. The molecule has 0 unspecified atom stereocenters. The first-order valence-corrected chi connectivity index (χ1v) is 9.60. The summed E-state index contributed by atoms with van der Waals surface area (Å²) in [4.78, 5) is 12.5. The number of ether oxygens (including phenoxy) is 1. The maximum atomic E-state index is 13.5. The van der Waals surface area contributed by atoms with E-state index in [0.717, 1.165) is 29.8 Å². The fourth-order valence-electron chi connectivity index (χ4n) is 3.35. The number of rotatable bonds is 4. The lowest BCUT2D eigenvalue weighted by atomic mass is 9.99. The highest BCUT2D eigenvalue weighted by atomic mass is 35.5. The van der Waals surface area contributed by atoms with Gasteiger partial charge in [0.15, 0.2) is 5.75 Å². The Hall–Kier alpha value is -2.83. The van der Waals surface area contributed by atoms with E-state index in [1.54, 1.807) is 12.1 Å². The van der Waals surface area contributed by atoms with Gasteiger partial charge in [-0.05, 0) is 47.9 Å². The van der Waals surface area contributed by atoms with E-state index in [1.807, 2.05) is 18.2 Å². The number of hydrogen-bond donors (Lipinski definition) is 0. The highest BCUT2D eigenvalue weighted by Crippen LogP contribution is 2.40. The Balaban J connectivity index is 1.55. The quantitative estimate of drug-likeness (QED) is 0.353. The zero-order valence-corrected chi connectivity index (χ0v) is 16.6. The second kappa shape index (κ2) is 7.89. The lowest BCUT2D eigenvalue weighted by Crippen LogP contribution is -2.30. The van der Waals surface area contributed by atoms with Crippen molar-refractivity contribution in [3.8, 4) is 11.5 Å². The molecule has 0 amide bonds. The molecular weight excluding hydrogens is 418 g/mol. The highest BCUT2D eigenvalue weighted by molar-refractivity contribution is 6.37. The van der Waals surface area contributed by atoms with Crippen LogP contribution in [0, 0.1) is 15.9 Å². The van der Waals surface area contributed by atoms with Crippen molar-refractivity contribution in [3.63, 3.8) is 0 Å². The largest absolute Gasteiger partial charge is 0.454 e. The third-order valence-electron chi connectivity index (χ3n) is 4.78. The third-order valence-corrected chi connectivity index (χ3v) is 5.34. The average molecular weight is 433 g/mol. The summed E-state index contributed by atoms with van der Waals surface area (Å²) < 4.78 is 19.3. The van der Waals surface area contributed by atoms with Crippen LogP contribution in [-0.4, -0.2) is 11.5 Å². The summed E-state index contributed by atoms with van der Waals surface area (Å²) in [5, 5.41) is 11.0. The molecule has 1 aliphatic rings. The summed E-state index contributed by atoms with van der Waals surface area (Å²) in [6.07, 6.45) is 0.769. The van der Waals surface area contributed by atoms with Gasteiger partial charge in [-0.2, -0.15) is 0 Å². The number of nitro benzene ring substituents is 1. The van der Waals surface area contributed by atoms with Gasteiger partial charge in [-0.25, -0.2) is 4.39 Å². The van der Waals surface area contributed by atoms with E-state index >= 15 is 0 Å². The van der Waals surface area contributed by atoms with Gasteiger partial charge in [0.1, 0.15) is 11.6 Å². The molecule has 0 aromatic heterocycles. The van der Waals surface area contributed by atoms with Gasteiger partial charge in [-0.3, -0.25) is 10.1 Å². The summed E-state index contributed by atoms with van der Waals surface area (Å²) in [6.45, 7) is 1.41. The first-order chi connectivity index (χ1) is 13.9. The summed E-state index contributed by atoms with van der Waals surface area (Å²) in [7, 11) is 0. The van der Waals surface area contributed by atoms with E-state index in [0.29, 0.717) is 12.3 Å². The van der Waals surface area contributed by atoms with Gasteiger partial charge < -0.3 is 9.64 Å².